The van der Waals surface area contributed by atoms with E-state index in [4.69, 9.17) is 0 Å². The lowest BCUT2D eigenvalue weighted by Gasteiger charge is -2.29. The molecule has 0 aliphatic carbocycles. The van der Waals surface area contributed by atoms with Crippen molar-refractivity contribution in [2.45, 2.75) is 46.6 Å². The van der Waals surface area contributed by atoms with Crippen LogP contribution >= 0.6 is 11.3 Å². The Morgan fingerprint density at radius 2 is 2.00 bits per heavy atom. The van der Waals surface area contributed by atoms with Gasteiger partial charge in [-0.1, -0.05) is 45.9 Å². The van der Waals surface area contributed by atoms with E-state index in [1.807, 2.05) is 11.3 Å². The summed E-state index contributed by atoms with van der Waals surface area (Å²) in [5, 5.41) is 7.38. The van der Waals surface area contributed by atoms with Crippen LogP contribution in [-0.4, -0.2) is 12.6 Å². The minimum Gasteiger partial charge on any atom is -0.314 e. The fourth-order valence-corrected chi connectivity index (χ4v) is 3.36. The monoisotopic (exact) mass is 275 g/mol. The summed E-state index contributed by atoms with van der Waals surface area (Å²) < 4.78 is 1.41. The highest BCUT2D eigenvalue weighted by Crippen LogP contribution is 2.33. The molecule has 1 unspecified atom stereocenters. The van der Waals surface area contributed by atoms with E-state index in [0.29, 0.717) is 11.5 Å². The van der Waals surface area contributed by atoms with Gasteiger partial charge in [-0.25, -0.2) is 0 Å². The molecule has 1 aromatic heterocycles. The Bertz CT molecular complexity index is 529. The molecule has 2 heteroatoms. The molecule has 1 aromatic carbocycles. The number of nitrogens with one attached hydrogen (secondary N) is 1. The lowest BCUT2D eigenvalue weighted by atomic mass is 9.81. The quantitative estimate of drug-likeness (QED) is 0.794. The van der Waals surface area contributed by atoms with Crippen LogP contribution in [0.25, 0.3) is 10.1 Å². The van der Waals surface area contributed by atoms with Crippen molar-refractivity contribution in [1.82, 2.24) is 5.32 Å². The van der Waals surface area contributed by atoms with Gasteiger partial charge in [0.15, 0.2) is 0 Å². The van der Waals surface area contributed by atoms with Crippen molar-refractivity contribution in [2.24, 2.45) is 5.41 Å². The molecule has 1 N–H and O–H groups in total. The first-order chi connectivity index (χ1) is 9.04. The Morgan fingerprint density at radius 1 is 1.26 bits per heavy atom. The zero-order valence-electron chi connectivity index (χ0n) is 12.5. The fraction of sp³-hybridized carbons (Fsp3) is 0.529. The first-order valence-corrected chi connectivity index (χ1v) is 8.10. The van der Waals surface area contributed by atoms with Crippen LogP contribution in [0.15, 0.2) is 29.6 Å². The molecule has 0 aliphatic heterocycles. The van der Waals surface area contributed by atoms with Crippen LogP contribution in [-0.2, 0) is 6.42 Å². The van der Waals surface area contributed by atoms with Crippen molar-refractivity contribution in [2.75, 3.05) is 6.54 Å². The molecule has 0 bridgehead atoms. The van der Waals surface area contributed by atoms with Crippen LogP contribution < -0.4 is 5.32 Å². The molecule has 0 spiro atoms. The summed E-state index contributed by atoms with van der Waals surface area (Å²) in [5.41, 5.74) is 1.85. The molecule has 1 nitrogen and oxygen atoms in total. The highest BCUT2D eigenvalue weighted by atomic mass is 32.1. The number of benzene rings is 1. The van der Waals surface area contributed by atoms with Crippen molar-refractivity contribution >= 4 is 21.4 Å². The predicted octanol–water partition coefficient (Wildman–Crippen LogP) is 4.86. The van der Waals surface area contributed by atoms with E-state index in [-0.39, 0.29) is 0 Å². The lowest BCUT2D eigenvalue weighted by Crippen LogP contribution is -2.36. The molecule has 19 heavy (non-hydrogen) atoms. The third-order valence-electron chi connectivity index (χ3n) is 3.97. The van der Waals surface area contributed by atoms with Gasteiger partial charge in [0.05, 0.1) is 0 Å². The minimum atomic E-state index is 0.341. The summed E-state index contributed by atoms with van der Waals surface area (Å²) >= 11 is 1.87. The maximum Gasteiger partial charge on any atom is 0.0345 e. The Morgan fingerprint density at radius 3 is 2.68 bits per heavy atom. The predicted molar refractivity (Wildman–Crippen MR) is 87.1 cm³/mol. The summed E-state index contributed by atoms with van der Waals surface area (Å²) in [6.07, 6.45) is 2.37. The van der Waals surface area contributed by atoms with E-state index < -0.39 is 0 Å². The van der Waals surface area contributed by atoms with Crippen LogP contribution in [0, 0.1) is 5.41 Å². The van der Waals surface area contributed by atoms with E-state index in [9.17, 15) is 0 Å². The summed E-state index contributed by atoms with van der Waals surface area (Å²) in [7, 11) is 0. The van der Waals surface area contributed by atoms with Gasteiger partial charge in [0.1, 0.15) is 0 Å². The van der Waals surface area contributed by atoms with Crippen LogP contribution in [0.1, 0.15) is 39.7 Å². The highest BCUT2D eigenvalue weighted by Gasteiger charge is 2.24. The Labute approximate surface area is 121 Å². The van der Waals surface area contributed by atoms with Crippen LogP contribution in [0.2, 0.25) is 0 Å². The number of thiophene rings is 1. The lowest BCUT2D eigenvalue weighted by molar-refractivity contribution is 0.282. The Hall–Kier alpha value is -0.860. The summed E-state index contributed by atoms with van der Waals surface area (Å²) in [6, 6.07) is 9.31. The third-order valence-corrected chi connectivity index (χ3v) is 4.98. The van der Waals surface area contributed by atoms with E-state index >= 15 is 0 Å². The topological polar surface area (TPSA) is 12.0 Å². The normalized spacial score (nSPS) is 15.0. The molecule has 0 saturated heterocycles. The van der Waals surface area contributed by atoms with Gasteiger partial charge in [-0.05, 0) is 40.7 Å². The summed E-state index contributed by atoms with van der Waals surface area (Å²) in [6.45, 7) is 10.2. The number of hydrogen-bond acceptors (Lipinski definition) is 2. The maximum absolute atomic E-state index is 3.60. The highest BCUT2D eigenvalue weighted by molar-refractivity contribution is 7.17. The molecule has 0 saturated carbocycles. The molecule has 0 fully saturated rings. The van der Waals surface area contributed by atoms with Crippen LogP contribution in [0.3, 0.4) is 0 Å². The van der Waals surface area contributed by atoms with Gasteiger partial charge < -0.3 is 5.32 Å². The fourth-order valence-electron chi connectivity index (χ4n) is 2.39. The zero-order valence-corrected chi connectivity index (χ0v) is 13.3. The molecular weight excluding hydrogens is 250 g/mol. The molecule has 0 amide bonds. The van der Waals surface area contributed by atoms with E-state index in [1.54, 1.807) is 0 Å². The van der Waals surface area contributed by atoms with Gasteiger partial charge >= 0.3 is 0 Å². The average molecular weight is 275 g/mol. The van der Waals surface area contributed by atoms with Crippen LogP contribution in [0.4, 0.5) is 0 Å². The number of fused-ring (bicyclic) bond motifs is 1. The SMILES string of the molecule is CCC(C)(CNC(C)C)Cc1csc2ccccc12. The van der Waals surface area contributed by atoms with Gasteiger partial charge in [-0.3, -0.25) is 0 Å². The average Bonchev–Trinajstić information content (AvgIpc) is 2.80. The second kappa shape index (κ2) is 6.06. The van der Waals surface area contributed by atoms with E-state index in [0.717, 1.165) is 13.0 Å². The van der Waals surface area contributed by atoms with Crippen molar-refractivity contribution < 1.29 is 0 Å². The first kappa shape index (κ1) is 14.5. The molecule has 1 atom stereocenters. The van der Waals surface area contributed by atoms with E-state index in [1.165, 1.54) is 22.1 Å². The molecule has 1 heterocycles. The maximum atomic E-state index is 3.60. The molecule has 0 radical (unpaired) electrons. The summed E-state index contributed by atoms with van der Waals surface area (Å²) in [4.78, 5) is 0. The van der Waals surface area contributed by atoms with Crippen LogP contribution in [0.5, 0.6) is 0 Å². The van der Waals surface area contributed by atoms with Gasteiger partial charge in [0.2, 0.25) is 0 Å². The Kier molecular flexibility index (Phi) is 4.64. The second-order valence-electron chi connectivity index (χ2n) is 6.13. The largest absolute Gasteiger partial charge is 0.314 e. The van der Waals surface area contributed by atoms with Crippen molar-refractivity contribution in [3.63, 3.8) is 0 Å². The minimum absolute atomic E-state index is 0.341. The standard InChI is InChI=1S/C17H25NS/c1-5-17(4,12-18-13(2)3)10-14-11-19-16-9-7-6-8-15(14)16/h6-9,11,13,18H,5,10,12H2,1-4H3. The molecule has 2 rings (SSSR count). The molecule has 104 valence electrons. The van der Waals surface area contributed by atoms with Gasteiger partial charge in [0, 0.05) is 17.3 Å². The van der Waals surface area contributed by atoms with Gasteiger partial charge in [-0.15, -0.1) is 11.3 Å². The van der Waals surface area contributed by atoms with Gasteiger partial charge in [-0.2, -0.15) is 0 Å². The third kappa shape index (κ3) is 3.58. The number of hydrogen-bond donors (Lipinski definition) is 1. The molecule has 2 aromatic rings. The molecule has 0 aliphatic rings. The van der Waals surface area contributed by atoms with Crippen molar-refractivity contribution in [1.29, 1.82) is 0 Å². The second-order valence-corrected chi connectivity index (χ2v) is 7.04. The van der Waals surface area contributed by atoms with E-state index in [2.05, 4.69) is 62.7 Å². The smallest absolute Gasteiger partial charge is 0.0345 e. The van der Waals surface area contributed by atoms with Crippen molar-refractivity contribution in [3.8, 4) is 0 Å². The van der Waals surface area contributed by atoms with Gasteiger partial charge in [0.25, 0.3) is 0 Å². The zero-order chi connectivity index (χ0) is 13.9. The first-order valence-electron chi connectivity index (χ1n) is 7.22. The molecular formula is C17H25NS. The van der Waals surface area contributed by atoms with Crippen molar-refractivity contribution in [3.05, 3.63) is 35.2 Å². The number of rotatable bonds is 6. The Balaban J connectivity index is 2.17. The summed E-state index contributed by atoms with van der Waals surface area (Å²) in [5.74, 6) is 0.